The van der Waals surface area contributed by atoms with Crippen LogP contribution in [0, 0.1) is 0 Å². The van der Waals surface area contributed by atoms with Crippen molar-refractivity contribution in [3.63, 3.8) is 0 Å². The summed E-state index contributed by atoms with van der Waals surface area (Å²) in [7, 11) is 3.51. The maximum absolute atomic E-state index is 12.0. The van der Waals surface area contributed by atoms with Gasteiger partial charge in [0.05, 0.1) is 13.2 Å². The standard InChI is InChI=1S/C23H39N5O2/c1-5-23(6-2,20-10-8-7-9-11-20)19-26-22(25-18-21(29)27(3)4)24-12-13-28-14-16-30-17-15-28/h7-11H,5-6,12-19H2,1-4H3,(H2,24,25,26). The van der Waals surface area contributed by atoms with Gasteiger partial charge in [-0.15, -0.1) is 0 Å². The number of nitrogens with zero attached hydrogens (tertiary/aromatic N) is 3. The summed E-state index contributed by atoms with van der Waals surface area (Å²) < 4.78 is 5.42. The Morgan fingerprint density at radius 3 is 2.40 bits per heavy atom. The lowest BCUT2D eigenvalue weighted by Crippen LogP contribution is -2.48. The molecule has 0 radical (unpaired) electrons. The second-order valence-corrected chi connectivity index (χ2v) is 8.04. The van der Waals surface area contributed by atoms with E-state index in [1.165, 1.54) is 5.56 Å². The lowest BCUT2D eigenvalue weighted by Gasteiger charge is -2.33. The third-order valence-corrected chi connectivity index (χ3v) is 6.03. The first-order valence-electron chi connectivity index (χ1n) is 11.1. The van der Waals surface area contributed by atoms with Gasteiger partial charge in [0.15, 0.2) is 5.96 Å². The molecule has 0 saturated carbocycles. The fraction of sp³-hybridized carbons (Fsp3) is 0.652. The summed E-state index contributed by atoms with van der Waals surface area (Å²) in [5.74, 6) is 0.685. The average Bonchev–Trinajstić information content (AvgIpc) is 2.79. The Hall–Kier alpha value is -2.12. The molecule has 1 saturated heterocycles. The number of amides is 1. The van der Waals surface area contributed by atoms with E-state index in [2.05, 4.69) is 64.7 Å². The average molecular weight is 418 g/mol. The van der Waals surface area contributed by atoms with Crippen molar-refractivity contribution >= 4 is 11.9 Å². The Balaban J connectivity index is 2.02. The Morgan fingerprint density at radius 2 is 1.80 bits per heavy atom. The van der Waals surface area contributed by atoms with Gasteiger partial charge in [0.2, 0.25) is 5.91 Å². The third-order valence-electron chi connectivity index (χ3n) is 6.03. The fourth-order valence-corrected chi connectivity index (χ4v) is 3.67. The number of rotatable bonds is 10. The number of hydrogen-bond donors (Lipinski definition) is 2. The smallest absolute Gasteiger partial charge is 0.243 e. The molecule has 2 rings (SSSR count). The van der Waals surface area contributed by atoms with Crippen LogP contribution < -0.4 is 10.6 Å². The molecule has 1 amide bonds. The van der Waals surface area contributed by atoms with Gasteiger partial charge in [-0.25, -0.2) is 4.99 Å². The van der Waals surface area contributed by atoms with Gasteiger partial charge in [-0.3, -0.25) is 9.69 Å². The highest BCUT2D eigenvalue weighted by Gasteiger charge is 2.28. The van der Waals surface area contributed by atoms with Gasteiger partial charge in [0.25, 0.3) is 0 Å². The summed E-state index contributed by atoms with van der Waals surface area (Å²) >= 11 is 0. The minimum atomic E-state index is -0.00964. The number of benzene rings is 1. The van der Waals surface area contributed by atoms with Crippen LogP contribution in [0.2, 0.25) is 0 Å². The number of nitrogens with one attached hydrogen (secondary N) is 2. The van der Waals surface area contributed by atoms with Crippen molar-refractivity contribution in [2.24, 2.45) is 4.99 Å². The second kappa shape index (κ2) is 12.5. The summed E-state index contributed by atoms with van der Waals surface area (Å²) in [6.45, 7) is 10.6. The molecule has 1 aliphatic heterocycles. The largest absolute Gasteiger partial charge is 0.379 e. The zero-order valence-electron chi connectivity index (χ0n) is 19.1. The van der Waals surface area contributed by atoms with E-state index >= 15 is 0 Å². The molecule has 1 aliphatic rings. The van der Waals surface area contributed by atoms with E-state index in [4.69, 9.17) is 4.74 Å². The van der Waals surface area contributed by atoms with Crippen LogP contribution in [0.4, 0.5) is 0 Å². The van der Waals surface area contributed by atoms with E-state index in [1.54, 1.807) is 19.0 Å². The van der Waals surface area contributed by atoms with Crippen LogP contribution in [0.25, 0.3) is 0 Å². The molecule has 0 atom stereocenters. The van der Waals surface area contributed by atoms with Crippen LogP contribution in [0.5, 0.6) is 0 Å². The number of ether oxygens (including phenoxy) is 1. The van der Waals surface area contributed by atoms with E-state index in [-0.39, 0.29) is 17.9 Å². The summed E-state index contributed by atoms with van der Waals surface area (Å²) in [5.41, 5.74) is 1.36. The lowest BCUT2D eigenvalue weighted by atomic mass is 9.76. The molecule has 0 bridgehead atoms. The molecule has 7 heteroatoms. The van der Waals surface area contributed by atoms with Gasteiger partial charge < -0.3 is 20.3 Å². The highest BCUT2D eigenvalue weighted by molar-refractivity contribution is 5.84. The Labute approximate surface area is 181 Å². The molecular weight excluding hydrogens is 378 g/mol. The molecule has 7 nitrogen and oxygen atoms in total. The number of carbonyl (C=O) groups excluding carboxylic acids is 1. The van der Waals surface area contributed by atoms with Crippen LogP contribution >= 0.6 is 0 Å². The number of morpholine rings is 1. The van der Waals surface area contributed by atoms with E-state index in [1.807, 2.05) is 0 Å². The SMILES string of the molecule is CCC(CC)(CNC(=NCC(=O)N(C)C)NCCN1CCOCC1)c1ccccc1. The second-order valence-electron chi connectivity index (χ2n) is 8.04. The van der Waals surface area contributed by atoms with E-state index in [0.29, 0.717) is 5.96 Å². The lowest BCUT2D eigenvalue weighted by molar-refractivity contribution is -0.127. The van der Waals surface area contributed by atoms with Crippen molar-refractivity contribution in [2.45, 2.75) is 32.1 Å². The quantitative estimate of drug-likeness (QED) is 0.448. The first kappa shape index (κ1) is 24.2. The zero-order valence-corrected chi connectivity index (χ0v) is 19.1. The minimum absolute atomic E-state index is 0.00964. The number of hydrogen-bond acceptors (Lipinski definition) is 4. The molecular formula is C23H39N5O2. The highest BCUT2D eigenvalue weighted by Crippen LogP contribution is 2.30. The van der Waals surface area contributed by atoms with Crippen molar-refractivity contribution < 1.29 is 9.53 Å². The summed E-state index contributed by atoms with van der Waals surface area (Å²) in [6.07, 6.45) is 2.05. The molecule has 2 N–H and O–H groups in total. The first-order valence-corrected chi connectivity index (χ1v) is 11.1. The zero-order chi connectivity index (χ0) is 21.8. The molecule has 168 valence electrons. The van der Waals surface area contributed by atoms with Gasteiger partial charge in [0, 0.05) is 52.2 Å². The van der Waals surface area contributed by atoms with Crippen LogP contribution in [-0.2, 0) is 14.9 Å². The monoisotopic (exact) mass is 417 g/mol. The summed E-state index contributed by atoms with van der Waals surface area (Å²) in [4.78, 5) is 20.5. The predicted molar refractivity (Wildman–Crippen MR) is 123 cm³/mol. The van der Waals surface area contributed by atoms with Crippen molar-refractivity contribution in [3.8, 4) is 0 Å². The normalized spacial score (nSPS) is 15.7. The molecule has 1 aromatic carbocycles. The van der Waals surface area contributed by atoms with Crippen LogP contribution in [-0.4, -0.2) is 88.2 Å². The summed E-state index contributed by atoms with van der Waals surface area (Å²) in [5, 5.41) is 6.94. The minimum Gasteiger partial charge on any atom is -0.379 e. The highest BCUT2D eigenvalue weighted by atomic mass is 16.5. The number of aliphatic imine (C=N–C) groups is 1. The molecule has 0 aromatic heterocycles. The van der Waals surface area contributed by atoms with Gasteiger partial charge in [-0.1, -0.05) is 44.2 Å². The first-order chi connectivity index (χ1) is 14.5. The number of guanidine groups is 1. The molecule has 30 heavy (non-hydrogen) atoms. The van der Waals surface area contributed by atoms with Crippen molar-refractivity contribution in [1.82, 2.24) is 20.4 Å². The van der Waals surface area contributed by atoms with E-state index in [9.17, 15) is 4.79 Å². The van der Waals surface area contributed by atoms with Crippen LogP contribution in [0.15, 0.2) is 35.3 Å². The van der Waals surface area contributed by atoms with Crippen molar-refractivity contribution in [1.29, 1.82) is 0 Å². The van der Waals surface area contributed by atoms with Gasteiger partial charge >= 0.3 is 0 Å². The number of carbonyl (C=O) groups is 1. The van der Waals surface area contributed by atoms with Crippen LogP contribution in [0.3, 0.4) is 0 Å². The van der Waals surface area contributed by atoms with Gasteiger partial charge in [-0.2, -0.15) is 0 Å². The predicted octanol–water partition coefficient (Wildman–Crippen LogP) is 1.70. The fourth-order valence-electron chi connectivity index (χ4n) is 3.67. The van der Waals surface area contributed by atoms with E-state index in [0.717, 1.165) is 58.8 Å². The van der Waals surface area contributed by atoms with Crippen molar-refractivity contribution in [3.05, 3.63) is 35.9 Å². The molecule has 0 aliphatic carbocycles. The Bertz CT molecular complexity index is 653. The van der Waals surface area contributed by atoms with Crippen molar-refractivity contribution in [2.75, 3.05) is 66.6 Å². The number of likely N-dealkylation sites (N-methyl/N-ethyl adjacent to an activating group) is 1. The molecule has 1 aromatic rings. The Morgan fingerprint density at radius 1 is 1.13 bits per heavy atom. The van der Waals surface area contributed by atoms with Crippen LogP contribution in [0.1, 0.15) is 32.3 Å². The molecule has 0 unspecified atom stereocenters. The van der Waals surface area contributed by atoms with Gasteiger partial charge in [-0.05, 0) is 18.4 Å². The molecule has 1 fully saturated rings. The molecule has 1 heterocycles. The topological polar surface area (TPSA) is 69.2 Å². The third kappa shape index (κ3) is 7.29. The Kier molecular flexibility index (Phi) is 10.1. The van der Waals surface area contributed by atoms with Gasteiger partial charge in [0.1, 0.15) is 6.54 Å². The molecule has 0 spiro atoms. The maximum Gasteiger partial charge on any atom is 0.243 e. The van der Waals surface area contributed by atoms with E-state index < -0.39 is 0 Å². The maximum atomic E-state index is 12.0. The summed E-state index contributed by atoms with van der Waals surface area (Å²) in [6, 6.07) is 10.7.